The van der Waals surface area contributed by atoms with Crippen LogP contribution in [0, 0.1) is 17.8 Å². The molecule has 256 valence electrons. The predicted molar refractivity (Wildman–Crippen MR) is 187 cm³/mol. The first kappa shape index (κ1) is 38.0. The Balaban J connectivity index is 1.77. The van der Waals surface area contributed by atoms with E-state index in [4.69, 9.17) is 0 Å². The molecule has 10 heteroatoms. The first-order valence-corrected chi connectivity index (χ1v) is 19.5. The summed E-state index contributed by atoms with van der Waals surface area (Å²) in [7, 11) is -3.62. The molecular formula is C36H55N3O5S2. The number of amides is 2. The Labute approximate surface area is 281 Å². The second-order valence-electron chi connectivity index (χ2n) is 14.2. The Kier molecular flexibility index (Phi) is 15.0. The van der Waals surface area contributed by atoms with E-state index in [9.17, 15) is 23.1 Å². The fourth-order valence-corrected chi connectivity index (χ4v) is 8.11. The number of pyridine rings is 1. The smallest absolute Gasteiger partial charge is 0.242 e. The molecule has 2 aromatic rings. The molecule has 0 bridgehead atoms. The summed E-state index contributed by atoms with van der Waals surface area (Å²) in [6.07, 6.45) is 8.50. The van der Waals surface area contributed by atoms with Crippen LogP contribution in [0.15, 0.2) is 59.8 Å². The van der Waals surface area contributed by atoms with Crippen molar-refractivity contribution < 1.29 is 23.1 Å². The van der Waals surface area contributed by atoms with Gasteiger partial charge in [0, 0.05) is 11.9 Å². The number of aromatic nitrogens is 1. The van der Waals surface area contributed by atoms with Gasteiger partial charge in [0.2, 0.25) is 11.8 Å². The van der Waals surface area contributed by atoms with Crippen molar-refractivity contribution in [2.24, 2.45) is 17.8 Å². The van der Waals surface area contributed by atoms with Crippen molar-refractivity contribution >= 4 is 33.4 Å². The van der Waals surface area contributed by atoms with Crippen LogP contribution in [-0.2, 0) is 25.8 Å². The van der Waals surface area contributed by atoms with E-state index in [-0.39, 0.29) is 24.0 Å². The molecule has 2 amide bonds. The summed E-state index contributed by atoms with van der Waals surface area (Å²) in [5, 5.41) is 18.3. The molecule has 0 radical (unpaired) electrons. The number of nitrogens with zero attached hydrogens (tertiary/aromatic N) is 1. The zero-order valence-corrected chi connectivity index (χ0v) is 29.9. The minimum atomic E-state index is -3.62. The number of carbonyl (C=O) groups is 2. The third kappa shape index (κ3) is 12.6. The highest BCUT2D eigenvalue weighted by molar-refractivity contribution is 7.99. The van der Waals surface area contributed by atoms with Crippen molar-refractivity contribution in [1.82, 2.24) is 15.6 Å². The molecule has 1 heterocycles. The molecule has 3 N–H and O–H groups in total. The maximum atomic E-state index is 13.9. The lowest BCUT2D eigenvalue weighted by molar-refractivity contribution is -0.132. The molecule has 1 aliphatic rings. The lowest BCUT2D eigenvalue weighted by atomic mass is 9.83. The van der Waals surface area contributed by atoms with E-state index < -0.39 is 44.6 Å². The largest absolute Gasteiger partial charge is 0.391 e. The van der Waals surface area contributed by atoms with Crippen LogP contribution < -0.4 is 10.6 Å². The van der Waals surface area contributed by atoms with Gasteiger partial charge in [0.1, 0.15) is 6.04 Å². The number of aliphatic hydroxyl groups excluding tert-OH is 1. The third-order valence-electron chi connectivity index (χ3n) is 8.79. The van der Waals surface area contributed by atoms with Gasteiger partial charge in [-0.1, -0.05) is 82.3 Å². The normalized spacial score (nSPS) is 17.2. The van der Waals surface area contributed by atoms with Gasteiger partial charge in [-0.25, -0.2) is 13.4 Å². The lowest BCUT2D eigenvalue weighted by Gasteiger charge is -2.32. The molecule has 0 saturated heterocycles. The van der Waals surface area contributed by atoms with Gasteiger partial charge >= 0.3 is 0 Å². The fraction of sp³-hybridized carbons (Fsp3) is 0.639. The second-order valence-corrected chi connectivity index (χ2v) is 18.1. The molecule has 8 nitrogen and oxygen atoms in total. The monoisotopic (exact) mass is 673 g/mol. The quantitative estimate of drug-likeness (QED) is 0.176. The molecule has 4 atom stereocenters. The van der Waals surface area contributed by atoms with Crippen molar-refractivity contribution in [2.45, 2.75) is 120 Å². The molecule has 1 aromatic carbocycles. The zero-order valence-electron chi connectivity index (χ0n) is 28.3. The van der Waals surface area contributed by atoms with Gasteiger partial charge in [-0.15, -0.1) is 11.8 Å². The van der Waals surface area contributed by atoms with Gasteiger partial charge in [-0.3, -0.25) is 9.59 Å². The molecule has 46 heavy (non-hydrogen) atoms. The standard InChI is InChI=1S/C36H55N3O5S2/c1-26(2)22-31(39-34(41)29(23-27-14-8-6-9-15-27)25-46(43,44)36(3,4)5)35(42)38-30(24-28-16-10-7-11-17-28)32(40)19-21-45-33-18-12-13-20-37-33/h6,8-9,12-15,18,20,26,28-32,40H,7,10-11,16-17,19,21-25H2,1-5H3,(H,38,42)(H,39,41)/t29?,30-,31-,32-/m0/s1. The van der Waals surface area contributed by atoms with Crippen molar-refractivity contribution in [3.63, 3.8) is 0 Å². The molecule has 1 aliphatic carbocycles. The van der Waals surface area contributed by atoms with E-state index in [1.54, 1.807) is 38.7 Å². The van der Waals surface area contributed by atoms with Gasteiger partial charge < -0.3 is 15.7 Å². The van der Waals surface area contributed by atoms with Crippen LogP contribution in [0.2, 0.25) is 0 Å². The first-order valence-electron chi connectivity index (χ1n) is 16.8. The average Bonchev–Trinajstić information content (AvgIpc) is 3.00. The molecule has 3 rings (SSSR count). The van der Waals surface area contributed by atoms with E-state index in [2.05, 4.69) is 15.6 Å². The zero-order chi connectivity index (χ0) is 33.7. The van der Waals surface area contributed by atoms with E-state index in [0.29, 0.717) is 30.9 Å². The maximum Gasteiger partial charge on any atom is 0.242 e. The van der Waals surface area contributed by atoms with Crippen LogP contribution in [0.4, 0.5) is 0 Å². The Bertz CT molecular complexity index is 1310. The van der Waals surface area contributed by atoms with Crippen molar-refractivity contribution in [2.75, 3.05) is 11.5 Å². The Hall–Kier alpha value is -2.43. The van der Waals surface area contributed by atoms with Crippen LogP contribution in [-0.4, -0.2) is 64.8 Å². The van der Waals surface area contributed by atoms with Crippen LogP contribution in [0.3, 0.4) is 0 Å². The minimum Gasteiger partial charge on any atom is -0.391 e. The number of rotatable bonds is 17. The van der Waals surface area contributed by atoms with Gasteiger partial charge in [0.15, 0.2) is 9.84 Å². The van der Waals surface area contributed by atoms with Crippen molar-refractivity contribution in [3.05, 3.63) is 60.3 Å². The molecule has 1 fully saturated rings. The summed E-state index contributed by atoms with van der Waals surface area (Å²) in [5.74, 6) is -0.785. The van der Waals surface area contributed by atoms with E-state index in [0.717, 1.165) is 36.3 Å². The van der Waals surface area contributed by atoms with Crippen molar-refractivity contribution in [3.8, 4) is 0 Å². The third-order valence-corrected chi connectivity index (χ3v) is 12.5. The van der Waals surface area contributed by atoms with Crippen LogP contribution in [0.1, 0.15) is 91.5 Å². The van der Waals surface area contributed by atoms with E-state index >= 15 is 0 Å². The Morgan fingerprint density at radius 2 is 1.65 bits per heavy atom. The summed E-state index contributed by atoms with van der Waals surface area (Å²) in [5.41, 5.74) is 0.857. The van der Waals surface area contributed by atoms with Gasteiger partial charge in [0.25, 0.3) is 0 Å². The molecule has 1 unspecified atom stereocenters. The number of sulfone groups is 1. The van der Waals surface area contributed by atoms with Gasteiger partial charge in [-0.05, 0) is 76.0 Å². The van der Waals surface area contributed by atoms with Gasteiger partial charge in [-0.2, -0.15) is 0 Å². The van der Waals surface area contributed by atoms with Crippen LogP contribution >= 0.6 is 11.8 Å². The molecular weight excluding hydrogens is 619 g/mol. The SMILES string of the molecule is CC(C)C[C@H](NC(=O)C(Cc1ccccc1)CS(=O)(=O)C(C)(C)C)C(=O)N[C@@H](CC1CCCCC1)[C@@H](O)CCSc1ccccn1. The number of hydrogen-bond donors (Lipinski definition) is 3. The summed E-state index contributed by atoms with van der Waals surface area (Å²) < 4.78 is 25.5. The number of carbonyl (C=O) groups excluding carboxylic acids is 2. The first-order chi connectivity index (χ1) is 21.7. The number of benzene rings is 1. The summed E-state index contributed by atoms with van der Waals surface area (Å²) in [4.78, 5) is 32.1. The topological polar surface area (TPSA) is 125 Å². The van der Waals surface area contributed by atoms with E-state index in [1.807, 2.05) is 62.4 Å². The summed E-state index contributed by atoms with van der Waals surface area (Å²) >= 11 is 1.57. The second kappa shape index (κ2) is 18.2. The van der Waals surface area contributed by atoms with Crippen molar-refractivity contribution in [1.29, 1.82) is 0 Å². The highest BCUT2D eigenvalue weighted by Gasteiger charge is 2.36. The van der Waals surface area contributed by atoms with E-state index in [1.165, 1.54) is 6.42 Å². The average molecular weight is 674 g/mol. The number of aliphatic hydroxyl groups is 1. The maximum absolute atomic E-state index is 13.9. The number of nitrogens with one attached hydrogen (secondary N) is 2. The number of hydrogen-bond acceptors (Lipinski definition) is 7. The van der Waals surface area contributed by atoms with Crippen LogP contribution in [0.25, 0.3) is 0 Å². The summed E-state index contributed by atoms with van der Waals surface area (Å²) in [6, 6.07) is 13.8. The molecule has 0 aliphatic heterocycles. The predicted octanol–water partition coefficient (Wildman–Crippen LogP) is 5.98. The van der Waals surface area contributed by atoms with Crippen LogP contribution in [0.5, 0.6) is 0 Å². The number of thioether (sulfide) groups is 1. The summed E-state index contributed by atoms with van der Waals surface area (Å²) in [6.45, 7) is 8.90. The molecule has 1 aromatic heterocycles. The minimum absolute atomic E-state index is 0.0958. The highest BCUT2D eigenvalue weighted by Crippen LogP contribution is 2.29. The molecule has 1 saturated carbocycles. The fourth-order valence-electron chi connectivity index (χ4n) is 5.93. The lowest BCUT2D eigenvalue weighted by Crippen LogP contribution is -2.55. The highest BCUT2D eigenvalue weighted by atomic mass is 32.2. The Morgan fingerprint density at radius 1 is 0.978 bits per heavy atom. The Morgan fingerprint density at radius 3 is 2.26 bits per heavy atom. The molecule has 0 spiro atoms. The van der Waals surface area contributed by atoms with Gasteiger partial charge in [0.05, 0.1) is 33.6 Å².